The zero-order chi connectivity index (χ0) is 20.2. The van der Waals surface area contributed by atoms with Crippen molar-refractivity contribution in [3.05, 3.63) is 54.6 Å². The first-order chi connectivity index (χ1) is 14.2. The first-order valence-electron chi connectivity index (χ1n) is 11.0. The lowest BCUT2D eigenvalue weighted by Gasteiger charge is -2.48. The van der Waals surface area contributed by atoms with Crippen molar-refractivity contribution in [2.45, 2.75) is 76.0 Å². The summed E-state index contributed by atoms with van der Waals surface area (Å²) in [5.74, 6) is 0.752. The van der Waals surface area contributed by atoms with E-state index >= 15 is 0 Å². The number of aromatic nitrogens is 3. The van der Waals surface area contributed by atoms with Crippen molar-refractivity contribution in [1.82, 2.24) is 15.0 Å². The number of rotatable bonds is 8. The fraction of sp³-hybridized carbons (Fsp3) is 0.500. The van der Waals surface area contributed by atoms with Gasteiger partial charge in [-0.1, -0.05) is 74.6 Å². The number of unbranched alkanes of at least 4 members (excludes halogenated alkanes) is 2. The highest BCUT2D eigenvalue weighted by Crippen LogP contribution is 2.46. The molecular formula is C24H31N3O2. The van der Waals surface area contributed by atoms with Crippen LogP contribution in [0.2, 0.25) is 0 Å². The lowest BCUT2D eigenvalue weighted by Crippen LogP contribution is -2.60. The average molecular weight is 394 g/mol. The van der Waals surface area contributed by atoms with E-state index in [0.29, 0.717) is 19.3 Å². The fourth-order valence-electron chi connectivity index (χ4n) is 4.69. The molecule has 0 radical (unpaired) electrons. The maximum atomic E-state index is 12.1. The first-order valence-corrected chi connectivity index (χ1v) is 11.0. The third kappa shape index (κ3) is 3.76. The van der Waals surface area contributed by atoms with E-state index in [1.165, 1.54) is 0 Å². The number of hydrogen-bond acceptors (Lipinski definition) is 4. The van der Waals surface area contributed by atoms with Gasteiger partial charge in [0.2, 0.25) is 5.72 Å². The molecule has 0 amide bonds. The monoisotopic (exact) mass is 393 g/mol. The van der Waals surface area contributed by atoms with E-state index in [0.717, 1.165) is 55.3 Å². The number of nitrogens with zero attached hydrogens (tertiary/aromatic N) is 3. The minimum atomic E-state index is -0.995. The first kappa shape index (κ1) is 19.9. The smallest absolute Gasteiger partial charge is 0.232 e. The van der Waals surface area contributed by atoms with Crippen molar-refractivity contribution in [2.24, 2.45) is 0 Å². The zero-order valence-corrected chi connectivity index (χ0v) is 17.3. The molecule has 0 aliphatic heterocycles. The Morgan fingerprint density at radius 3 is 2.48 bits per heavy atom. The van der Waals surface area contributed by atoms with Crippen LogP contribution in [-0.2, 0) is 5.72 Å². The van der Waals surface area contributed by atoms with Gasteiger partial charge in [0.1, 0.15) is 16.9 Å². The number of fused-ring (bicyclic) bond motifs is 1. The van der Waals surface area contributed by atoms with Gasteiger partial charge in [0.25, 0.3) is 0 Å². The van der Waals surface area contributed by atoms with Gasteiger partial charge in [-0.25, -0.2) is 0 Å². The molecule has 4 rings (SSSR count). The zero-order valence-electron chi connectivity index (χ0n) is 17.3. The molecule has 1 aliphatic rings. The van der Waals surface area contributed by atoms with Crippen LogP contribution in [0.15, 0.2) is 54.6 Å². The van der Waals surface area contributed by atoms with Crippen LogP contribution in [0, 0.1) is 0 Å². The SMILES string of the molecule is CCCCCC(Oc1ccccc1)(n1nnc2ccccc21)C1(O)CCCCC1. The van der Waals surface area contributed by atoms with Crippen LogP contribution in [0.4, 0.5) is 0 Å². The van der Waals surface area contributed by atoms with Crippen molar-refractivity contribution in [1.29, 1.82) is 0 Å². The summed E-state index contributed by atoms with van der Waals surface area (Å²) in [5, 5.41) is 21.0. The molecule has 0 saturated heterocycles. The Kier molecular flexibility index (Phi) is 5.86. The summed E-state index contributed by atoms with van der Waals surface area (Å²) in [6.45, 7) is 2.19. The van der Waals surface area contributed by atoms with Crippen LogP contribution >= 0.6 is 0 Å². The lowest BCUT2D eigenvalue weighted by molar-refractivity contribution is -0.208. The van der Waals surface area contributed by atoms with Crippen molar-refractivity contribution in [3.63, 3.8) is 0 Å². The molecule has 1 fully saturated rings. The number of aliphatic hydroxyl groups is 1. The van der Waals surface area contributed by atoms with Gasteiger partial charge in [-0.2, -0.15) is 4.68 Å². The third-order valence-electron chi connectivity index (χ3n) is 6.25. The molecule has 0 spiro atoms. The van der Waals surface area contributed by atoms with Gasteiger partial charge >= 0.3 is 0 Å². The van der Waals surface area contributed by atoms with Crippen molar-refractivity contribution >= 4 is 11.0 Å². The molecule has 5 nitrogen and oxygen atoms in total. The number of ether oxygens (including phenoxy) is 1. The Balaban J connectivity index is 1.88. The molecule has 1 unspecified atom stereocenters. The van der Waals surface area contributed by atoms with Crippen LogP contribution in [-0.4, -0.2) is 25.7 Å². The molecule has 1 saturated carbocycles. The summed E-state index contributed by atoms with van der Waals surface area (Å²) in [6.07, 6.45) is 8.41. The summed E-state index contributed by atoms with van der Waals surface area (Å²) in [6, 6.07) is 17.8. The summed E-state index contributed by atoms with van der Waals surface area (Å²) < 4.78 is 8.63. The predicted molar refractivity (Wildman–Crippen MR) is 115 cm³/mol. The molecule has 0 bridgehead atoms. The molecule has 1 aromatic heterocycles. The molecule has 5 heteroatoms. The third-order valence-corrected chi connectivity index (χ3v) is 6.25. The van der Waals surface area contributed by atoms with E-state index in [1.54, 1.807) is 0 Å². The molecule has 1 aliphatic carbocycles. The standard InChI is InChI=1S/C24H31N3O2/c1-2-3-10-19-24(23(28)17-11-5-12-18-23,29-20-13-6-4-7-14-20)27-22-16-9-8-15-21(22)25-26-27/h4,6-9,13-16,28H,2-3,5,10-12,17-19H2,1H3. The predicted octanol–water partition coefficient (Wildman–Crippen LogP) is 5.44. The van der Waals surface area contributed by atoms with Crippen LogP contribution in [0.5, 0.6) is 5.75 Å². The second kappa shape index (κ2) is 8.54. The van der Waals surface area contributed by atoms with E-state index in [1.807, 2.05) is 59.3 Å². The Bertz CT molecular complexity index is 918. The molecule has 2 aromatic carbocycles. The molecular weight excluding hydrogens is 362 g/mol. The fourth-order valence-corrected chi connectivity index (χ4v) is 4.69. The quantitative estimate of drug-likeness (QED) is 0.518. The number of hydrogen-bond donors (Lipinski definition) is 1. The highest BCUT2D eigenvalue weighted by Gasteiger charge is 2.55. The lowest BCUT2D eigenvalue weighted by atomic mass is 9.74. The largest absolute Gasteiger partial charge is 0.463 e. The Morgan fingerprint density at radius 2 is 1.72 bits per heavy atom. The highest BCUT2D eigenvalue weighted by molar-refractivity contribution is 5.74. The van der Waals surface area contributed by atoms with Crippen LogP contribution in [0.1, 0.15) is 64.7 Å². The highest BCUT2D eigenvalue weighted by atomic mass is 16.5. The van der Waals surface area contributed by atoms with E-state index in [-0.39, 0.29) is 0 Å². The molecule has 1 heterocycles. The van der Waals surface area contributed by atoms with E-state index in [2.05, 4.69) is 17.2 Å². The van der Waals surface area contributed by atoms with Crippen LogP contribution < -0.4 is 4.74 Å². The maximum absolute atomic E-state index is 12.1. The average Bonchev–Trinajstić information content (AvgIpc) is 3.19. The van der Waals surface area contributed by atoms with Crippen molar-refractivity contribution in [2.75, 3.05) is 0 Å². The number of benzene rings is 2. The second-order valence-corrected chi connectivity index (χ2v) is 8.24. The van der Waals surface area contributed by atoms with Gasteiger partial charge in [-0.05, 0) is 43.5 Å². The van der Waals surface area contributed by atoms with Gasteiger partial charge in [0, 0.05) is 6.42 Å². The summed E-state index contributed by atoms with van der Waals surface area (Å²) >= 11 is 0. The minimum absolute atomic E-state index is 0.694. The second-order valence-electron chi connectivity index (χ2n) is 8.24. The Morgan fingerprint density at radius 1 is 1.00 bits per heavy atom. The molecule has 29 heavy (non-hydrogen) atoms. The van der Waals surface area contributed by atoms with Gasteiger partial charge < -0.3 is 9.84 Å². The Hall–Kier alpha value is -2.40. The summed E-state index contributed by atoms with van der Waals surface area (Å²) in [4.78, 5) is 0. The van der Waals surface area contributed by atoms with E-state index < -0.39 is 11.3 Å². The molecule has 1 atom stereocenters. The van der Waals surface area contributed by atoms with E-state index in [9.17, 15) is 5.11 Å². The topological polar surface area (TPSA) is 60.2 Å². The van der Waals surface area contributed by atoms with Gasteiger partial charge in [-0.3, -0.25) is 0 Å². The van der Waals surface area contributed by atoms with Crippen molar-refractivity contribution in [3.8, 4) is 5.75 Å². The molecule has 3 aromatic rings. The van der Waals surface area contributed by atoms with Gasteiger partial charge in [0.15, 0.2) is 0 Å². The van der Waals surface area contributed by atoms with E-state index in [4.69, 9.17) is 4.74 Å². The maximum Gasteiger partial charge on any atom is 0.232 e. The summed E-state index contributed by atoms with van der Waals surface area (Å²) in [7, 11) is 0. The number of para-hydroxylation sites is 2. The van der Waals surface area contributed by atoms with Crippen LogP contribution in [0.25, 0.3) is 11.0 Å². The molecule has 154 valence electrons. The van der Waals surface area contributed by atoms with Gasteiger partial charge in [-0.15, -0.1) is 5.10 Å². The van der Waals surface area contributed by atoms with Gasteiger partial charge in [0.05, 0.1) is 5.52 Å². The Labute approximate surface area is 172 Å². The minimum Gasteiger partial charge on any atom is -0.463 e. The van der Waals surface area contributed by atoms with Crippen molar-refractivity contribution < 1.29 is 9.84 Å². The normalized spacial score (nSPS) is 18.4. The molecule has 1 N–H and O–H groups in total. The summed E-state index contributed by atoms with van der Waals surface area (Å²) in [5.41, 5.74) is -0.256. The van der Waals surface area contributed by atoms with Crippen LogP contribution in [0.3, 0.4) is 0 Å².